The fraction of sp³-hybridized carbons (Fsp3) is 0.571. The highest BCUT2D eigenvalue weighted by Gasteiger charge is 2.22. The summed E-state index contributed by atoms with van der Waals surface area (Å²) in [5.41, 5.74) is 6.68. The van der Waals surface area contributed by atoms with Gasteiger partial charge in [-0.1, -0.05) is 13.3 Å². The van der Waals surface area contributed by atoms with Gasteiger partial charge in [0.1, 0.15) is 0 Å². The Morgan fingerprint density at radius 1 is 1.50 bits per heavy atom. The summed E-state index contributed by atoms with van der Waals surface area (Å²) in [5.74, 6) is 0.730. The molecule has 1 aromatic heterocycles. The molecule has 1 aliphatic rings. The number of aromatic nitrogens is 1. The molecule has 1 unspecified atom stereocenters. The summed E-state index contributed by atoms with van der Waals surface area (Å²) in [4.78, 5) is 18.4. The molecule has 4 nitrogen and oxygen atoms in total. The van der Waals surface area contributed by atoms with Gasteiger partial charge >= 0.3 is 0 Å². The Morgan fingerprint density at radius 2 is 2.33 bits per heavy atom. The summed E-state index contributed by atoms with van der Waals surface area (Å²) < 4.78 is 0. The van der Waals surface area contributed by atoms with Gasteiger partial charge in [-0.2, -0.15) is 0 Å². The number of nitrogens with two attached hydrogens (primary N) is 1. The molecule has 1 saturated heterocycles. The van der Waals surface area contributed by atoms with Gasteiger partial charge in [0.05, 0.1) is 5.69 Å². The van der Waals surface area contributed by atoms with Crippen molar-refractivity contribution in [2.75, 3.05) is 18.8 Å². The molecule has 4 heteroatoms. The Balaban J connectivity index is 2.08. The second kappa shape index (κ2) is 5.85. The first kappa shape index (κ1) is 12.9. The van der Waals surface area contributed by atoms with Crippen LogP contribution in [0.4, 0.5) is 5.69 Å². The number of likely N-dealkylation sites (tertiary alicyclic amines) is 1. The van der Waals surface area contributed by atoms with E-state index in [2.05, 4.69) is 11.9 Å². The van der Waals surface area contributed by atoms with Crippen LogP contribution >= 0.6 is 0 Å². The predicted octanol–water partition coefficient (Wildman–Crippen LogP) is 2.32. The number of amides is 1. The number of nitrogens with zero attached hydrogens (tertiary/aromatic N) is 2. The maximum Gasteiger partial charge on any atom is 0.274 e. The van der Waals surface area contributed by atoms with Gasteiger partial charge in [0.25, 0.3) is 5.91 Å². The van der Waals surface area contributed by atoms with Gasteiger partial charge < -0.3 is 10.6 Å². The number of anilines is 1. The van der Waals surface area contributed by atoms with Crippen molar-refractivity contribution in [2.24, 2.45) is 5.92 Å². The number of carbonyl (C=O) groups excluding carboxylic acids is 1. The summed E-state index contributed by atoms with van der Waals surface area (Å²) in [6, 6.07) is 3.48. The van der Waals surface area contributed by atoms with Gasteiger partial charge in [0.15, 0.2) is 5.69 Å². The number of nitrogen functional groups attached to an aromatic ring is 1. The first-order valence-electron chi connectivity index (χ1n) is 6.72. The Labute approximate surface area is 108 Å². The first-order chi connectivity index (χ1) is 8.72. The van der Waals surface area contributed by atoms with Crippen molar-refractivity contribution in [3.63, 3.8) is 0 Å². The summed E-state index contributed by atoms with van der Waals surface area (Å²) in [6.07, 6.45) is 6.22. The lowest BCUT2D eigenvalue weighted by molar-refractivity contribution is 0.0755. The molecule has 18 heavy (non-hydrogen) atoms. The molecule has 2 N–H and O–H groups in total. The molecule has 0 aliphatic carbocycles. The molecule has 1 atom stereocenters. The lowest BCUT2D eigenvalue weighted by Crippen LogP contribution is -2.33. The minimum atomic E-state index is -0.0233. The van der Waals surface area contributed by atoms with E-state index in [0.717, 1.165) is 31.8 Å². The molecular weight excluding hydrogens is 226 g/mol. The molecule has 1 amide bonds. The van der Waals surface area contributed by atoms with E-state index in [-0.39, 0.29) is 5.91 Å². The van der Waals surface area contributed by atoms with Crippen molar-refractivity contribution in [1.82, 2.24) is 9.88 Å². The van der Waals surface area contributed by atoms with Crippen LogP contribution in [0, 0.1) is 5.92 Å². The van der Waals surface area contributed by atoms with E-state index in [0.29, 0.717) is 11.4 Å². The lowest BCUT2D eigenvalue weighted by Gasteiger charge is -2.20. The zero-order chi connectivity index (χ0) is 13.0. The average Bonchev–Trinajstić information content (AvgIpc) is 2.63. The van der Waals surface area contributed by atoms with Crippen LogP contribution in [0.2, 0.25) is 0 Å². The quantitative estimate of drug-likeness (QED) is 0.872. The maximum atomic E-state index is 12.4. The molecule has 0 bridgehead atoms. The molecule has 98 valence electrons. The topological polar surface area (TPSA) is 59.2 Å². The van der Waals surface area contributed by atoms with Crippen molar-refractivity contribution in [2.45, 2.75) is 32.6 Å². The van der Waals surface area contributed by atoms with Crippen LogP contribution in [0.1, 0.15) is 43.1 Å². The summed E-state index contributed by atoms with van der Waals surface area (Å²) in [7, 11) is 0. The third-order valence-electron chi connectivity index (χ3n) is 3.75. The highest BCUT2D eigenvalue weighted by atomic mass is 16.2. The predicted molar refractivity (Wildman–Crippen MR) is 72.2 cm³/mol. The van der Waals surface area contributed by atoms with Crippen LogP contribution in [-0.2, 0) is 0 Å². The summed E-state index contributed by atoms with van der Waals surface area (Å²) in [6.45, 7) is 3.87. The van der Waals surface area contributed by atoms with E-state index < -0.39 is 0 Å². The monoisotopic (exact) mass is 247 g/mol. The van der Waals surface area contributed by atoms with Gasteiger partial charge in [0.2, 0.25) is 0 Å². The van der Waals surface area contributed by atoms with Crippen molar-refractivity contribution >= 4 is 11.6 Å². The number of carbonyl (C=O) groups is 1. The first-order valence-corrected chi connectivity index (χ1v) is 6.72. The Kier molecular flexibility index (Phi) is 4.18. The molecule has 1 aromatic rings. The minimum Gasteiger partial charge on any atom is -0.397 e. The molecule has 0 radical (unpaired) electrons. The number of hydrogen-bond acceptors (Lipinski definition) is 3. The third-order valence-corrected chi connectivity index (χ3v) is 3.75. The number of rotatable bonds is 2. The molecule has 0 spiro atoms. The Bertz CT molecular complexity index is 419. The van der Waals surface area contributed by atoms with Crippen molar-refractivity contribution in [3.8, 4) is 0 Å². The van der Waals surface area contributed by atoms with Crippen LogP contribution < -0.4 is 5.73 Å². The summed E-state index contributed by atoms with van der Waals surface area (Å²) in [5, 5.41) is 0. The molecule has 0 saturated carbocycles. The highest BCUT2D eigenvalue weighted by molar-refractivity contribution is 5.97. The van der Waals surface area contributed by atoms with Crippen molar-refractivity contribution < 1.29 is 4.79 Å². The fourth-order valence-corrected chi connectivity index (χ4v) is 2.52. The number of hydrogen-bond donors (Lipinski definition) is 1. The molecular formula is C14H21N3O. The average molecular weight is 247 g/mol. The third kappa shape index (κ3) is 2.81. The van der Waals surface area contributed by atoms with Crippen molar-refractivity contribution in [1.29, 1.82) is 0 Å². The van der Waals surface area contributed by atoms with Gasteiger partial charge in [-0.25, -0.2) is 4.98 Å². The minimum absolute atomic E-state index is 0.0233. The van der Waals surface area contributed by atoms with Gasteiger partial charge in [-0.05, 0) is 37.3 Å². The zero-order valence-corrected chi connectivity index (χ0v) is 10.9. The van der Waals surface area contributed by atoms with Gasteiger partial charge in [-0.3, -0.25) is 4.79 Å². The van der Waals surface area contributed by atoms with E-state index in [1.54, 1.807) is 18.3 Å². The van der Waals surface area contributed by atoms with E-state index in [1.807, 2.05) is 4.90 Å². The molecule has 2 heterocycles. The van der Waals surface area contributed by atoms with Gasteiger partial charge in [0, 0.05) is 19.3 Å². The van der Waals surface area contributed by atoms with Crippen LogP contribution in [0.3, 0.4) is 0 Å². The summed E-state index contributed by atoms with van der Waals surface area (Å²) >= 11 is 0. The van der Waals surface area contributed by atoms with Gasteiger partial charge in [-0.15, -0.1) is 0 Å². The largest absolute Gasteiger partial charge is 0.397 e. The second-order valence-electron chi connectivity index (χ2n) is 4.94. The smallest absolute Gasteiger partial charge is 0.274 e. The van der Waals surface area contributed by atoms with Crippen molar-refractivity contribution in [3.05, 3.63) is 24.0 Å². The van der Waals surface area contributed by atoms with Crippen LogP contribution in [-0.4, -0.2) is 28.9 Å². The highest BCUT2D eigenvalue weighted by Crippen LogP contribution is 2.21. The molecule has 1 aliphatic heterocycles. The SMILES string of the molecule is CCC1CCCN(C(=O)c2ncccc2N)CC1. The van der Waals surface area contributed by atoms with E-state index >= 15 is 0 Å². The van der Waals surface area contributed by atoms with E-state index in [1.165, 1.54) is 12.8 Å². The molecule has 2 rings (SSSR count). The molecule has 1 fully saturated rings. The van der Waals surface area contributed by atoms with E-state index in [9.17, 15) is 4.79 Å². The Hall–Kier alpha value is -1.58. The second-order valence-corrected chi connectivity index (χ2v) is 4.94. The van der Waals surface area contributed by atoms with Crippen LogP contribution in [0.5, 0.6) is 0 Å². The van der Waals surface area contributed by atoms with E-state index in [4.69, 9.17) is 5.73 Å². The lowest BCUT2D eigenvalue weighted by atomic mass is 9.98. The standard InChI is InChI=1S/C14H21N3O/c1-2-11-5-4-9-17(10-7-11)14(18)13-12(15)6-3-8-16-13/h3,6,8,11H,2,4-5,7,9-10,15H2,1H3. The molecule has 0 aromatic carbocycles. The van der Waals surface area contributed by atoms with Crippen LogP contribution in [0.25, 0.3) is 0 Å². The normalized spacial score (nSPS) is 20.5. The fourth-order valence-electron chi connectivity index (χ4n) is 2.52. The maximum absolute atomic E-state index is 12.4. The Morgan fingerprint density at radius 3 is 3.06 bits per heavy atom. The van der Waals surface area contributed by atoms with Crippen LogP contribution in [0.15, 0.2) is 18.3 Å². The zero-order valence-electron chi connectivity index (χ0n) is 10.9. The number of pyridine rings is 1.